The van der Waals surface area contributed by atoms with Crippen molar-refractivity contribution in [2.45, 2.75) is 34.1 Å². The molecule has 7 rings (SSSR count). The van der Waals surface area contributed by atoms with Crippen molar-refractivity contribution in [2.75, 3.05) is 0 Å². The molecule has 0 N–H and O–H groups in total. The predicted molar refractivity (Wildman–Crippen MR) is 147 cm³/mol. The van der Waals surface area contributed by atoms with Gasteiger partial charge in [0.25, 0.3) is 6.33 Å². The van der Waals surface area contributed by atoms with E-state index >= 15 is 0 Å². The first-order valence-corrected chi connectivity index (χ1v) is 13.0. The van der Waals surface area contributed by atoms with Crippen LogP contribution in [0.4, 0.5) is 0 Å². The highest BCUT2D eigenvalue weighted by Crippen LogP contribution is 2.52. The van der Waals surface area contributed by atoms with Crippen LogP contribution in [-0.2, 0) is 13.5 Å². The molecule has 35 heavy (non-hydrogen) atoms. The Kier molecular flexibility index (Phi) is 4.18. The Labute approximate surface area is 208 Å². The summed E-state index contributed by atoms with van der Waals surface area (Å²) in [7, 11) is 2.09. The van der Waals surface area contributed by atoms with E-state index in [1.807, 2.05) is 17.7 Å². The summed E-state index contributed by atoms with van der Waals surface area (Å²) in [4.78, 5) is 4.82. The maximum atomic E-state index is 6.82. The van der Waals surface area contributed by atoms with Crippen LogP contribution >= 0.6 is 11.3 Å². The SMILES string of the molecule is Cc1c2c(cc3c1sc1ccccc13)Oc1c3ccc(CC(C)(C)C)cc3cc3nc[n+](C)c-2c13. The van der Waals surface area contributed by atoms with Crippen molar-refractivity contribution in [3.8, 4) is 22.8 Å². The molecule has 2 aromatic heterocycles. The Bertz CT molecular complexity index is 1860. The lowest BCUT2D eigenvalue weighted by Gasteiger charge is -2.23. The highest BCUT2D eigenvalue weighted by molar-refractivity contribution is 7.26. The quantitative estimate of drug-likeness (QED) is 0.176. The lowest BCUT2D eigenvalue weighted by molar-refractivity contribution is -0.662. The third-order valence-corrected chi connectivity index (χ3v) is 8.46. The molecule has 0 atom stereocenters. The molecule has 172 valence electrons. The molecule has 0 amide bonds. The van der Waals surface area contributed by atoms with E-state index in [0.29, 0.717) is 0 Å². The van der Waals surface area contributed by atoms with E-state index in [4.69, 9.17) is 9.72 Å². The molecule has 3 heterocycles. The fourth-order valence-corrected chi connectivity index (χ4v) is 6.91. The summed E-state index contributed by atoms with van der Waals surface area (Å²) in [6.45, 7) is 9.09. The highest BCUT2D eigenvalue weighted by Gasteiger charge is 2.32. The van der Waals surface area contributed by atoms with Gasteiger partial charge in [-0.3, -0.25) is 0 Å². The first kappa shape index (κ1) is 20.8. The third kappa shape index (κ3) is 3.02. The van der Waals surface area contributed by atoms with Crippen molar-refractivity contribution in [3.05, 3.63) is 72.1 Å². The second-order valence-corrected chi connectivity index (χ2v) is 12.1. The van der Waals surface area contributed by atoms with Gasteiger partial charge in [0.15, 0.2) is 17.0 Å². The molecule has 1 aliphatic rings. The van der Waals surface area contributed by atoms with E-state index in [-0.39, 0.29) is 5.41 Å². The van der Waals surface area contributed by atoms with Gasteiger partial charge < -0.3 is 4.74 Å². The number of hydrogen-bond donors (Lipinski definition) is 0. The summed E-state index contributed by atoms with van der Waals surface area (Å²) >= 11 is 1.87. The van der Waals surface area contributed by atoms with Gasteiger partial charge in [-0.1, -0.05) is 57.2 Å². The second kappa shape index (κ2) is 7.02. The molecular weight excluding hydrogens is 448 g/mol. The van der Waals surface area contributed by atoms with Gasteiger partial charge in [0.05, 0.1) is 12.6 Å². The minimum atomic E-state index is 0.236. The van der Waals surface area contributed by atoms with Gasteiger partial charge in [-0.15, -0.1) is 11.3 Å². The number of aromatic nitrogens is 2. The standard InChI is InChI=1S/C31H27N2OS/c1-17-26-24(14-22-21-8-6-7-9-25(21)35-30(17)22)34-29-20-11-10-18(15-31(2,3)4)12-19(20)13-23-27(29)28(26)33(5)16-32-23/h6-14,16H,15H2,1-5H3/q+1. The fourth-order valence-electron chi connectivity index (χ4n) is 5.73. The first-order valence-electron chi connectivity index (χ1n) is 12.2. The van der Waals surface area contributed by atoms with E-state index in [1.54, 1.807) is 0 Å². The van der Waals surface area contributed by atoms with Crippen molar-refractivity contribution < 1.29 is 9.30 Å². The van der Waals surface area contributed by atoms with E-state index in [1.165, 1.54) is 47.9 Å². The molecule has 0 bridgehead atoms. The number of rotatable bonds is 1. The van der Waals surface area contributed by atoms with E-state index in [0.717, 1.165) is 34.2 Å². The minimum Gasteiger partial charge on any atom is -0.455 e. The van der Waals surface area contributed by atoms with Crippen LogP contribution in [-0.4, -0.2) is 4.98 Å². The molecule has 1 aliphatic heterocycles. The number of thiophene rings is 1. The fraction of sp³-hybridized carbons (Fsp3) is 0.226. The van der Waals surface area contributed by atoms with E-state index < -0.39 is 0 Å². The summed E-state index contributed by atoms with van der Waals surface area (Å²) in [6.07, 6.45) is 2.97. The van der Waals surface area contributed by atoms with Crippen LogP contribution in [0.1, 0.15) is 31.9 Å². The Morgan fingerprint density at radius 2 is 1.80 bits per heavy atom. The molecule has 4 heteroatoms. The molecule has 0 saturated carbocycles. The van der Waals surface area contributed by atoms with Crippen molar-refractivity contribution in [2.24, 2.45) is 12.5 Å². The smallest absolute Gasteiger partial charge is 0.287 e. The van der Waals surface area contributed by atoms with Crippen LogP contribution in [0.3, 0.4) is 0 Å². The molecule has 0 aliphatic carbocycles. The van der Waals surface area contributed by atoms with Crippen molar-refractivity contribution in [1.29, 1.82) is 0 Å². The number of fused-ring (bicyclic) bond motifs is 7. The average molecular weight is 476 g/mol. The molecule has 0 unspecified atom stereocenters. The van der Waals surface area contributed by atoms with Crippen LogP contribution in [0, 0.1) is 12.3 Å². The monoisotopic (exact) mass is 475 g/mol. The van der Waals surface area contributed by atoms with Gasteiger partial charge in [0.1, 0.15) is 11.1 Å². The molecule has 0 radical (unpaired) electrons. The van der Waals surface area contributed by atoms with E-state index in [9.17, 15) is 0 Å². The number of ether oxygens (including phenoxy) is 1. The van der Waals surface area contributed by atoms with Crippen LogP contribution in [0.15, 0.2) is 60.9 Å². The Morgan fingerprint density at radius 3 is 2.63 bits per heavy atom. The van der Waals surface area contributed by atoms with Crippen LogP contribution in [0.2, 0.25) is 0 Å². The summed E-state index contributed by atoms with van der Waals surface area (Å²) in [5.41, 5.74) is 6.19. The maximum Gasteiger partial charge on any atom is 0.287 e. The number of benzene rings is 4. The summed E-state index contributed by atoms with van der Waals surface area (Å²) in [5, 5.41) is 5.99. The summed E-state index contributed by atoms with van der Waals surface area (Å²) < 4.78 is 11.6. The molecule has 0 saturated heterocycles. The zero-order valence-corrected chi connectivity index (χ0v) is 21.5. The lowest BCUT2D eigenvalue weighted by Crippen LogP contribution is -2.32. The zero-order chi connectivity index (χ0) is 24.1. The second-order valence-electron chi connectivity index (χ2n) is 11.0. The summed E-state index contributed by atoms with van der Waals surface area (Å²) in [6, 6.07) is 19.9. The zero-order valence-electron chi connectivity index (χ0n) is 20.7. The topological polar surface area (TPSA) is 26.0 Å². The van der Waals surface area contributed by atoms with Gasteiger partial charge in [-0.25, -0.2) is 4.57 Å². The average Bonchev–Trinajstić information content (AvgIpc) is 3.18. The van der Waals surface area contributed by atoms with Crippen molar-refractivity contribution in [1.82, 2.24) is 4.98 Å². The minimum absolute atomic E-state index is 0.236. The van der Waals surface area contributed by atoms with Gasteiger partial charge in [-0.2, -0.15) is 0 Å². The predicted octanol–water partition coefficient (Wildman–Crippen LogP) is 8.25. The Balaban J connectivity index is 1.56. The lowest BCUT2D eigenvalue weighted by atomic mass is 9.87. The van der Waals surface area contributed by atoms with E-state index in [2.05, 4.69) is 93.9 Å². The third-order valence-electron chi connectivity index (χ3n) is 7.15. The molecule has 4 aromatic carbocycles. The van der Waals surface area contributed by atoms with Gasteiger partial charge in [0, 0.05) is 25.6 Å². The Hall–Kier alpha value is -3.50. The molecule has 0 spiro atoms. The maximum absolute atomic E-state index is 6.82. The number of hydrogen-bond acceptors (Lipinski definition) is 3. The van der Waals surface area contributed by atoms with Gasteiger partial charge in [-0.05, 0) is 58.5 Å². The number of aryl methyl sites for hydroxylation is 2. The van der Waals surface area contributed by atoms with Crippen LogP contribution in [0.25, 0.3) is 53.1 Å². The normalized spacial score (nSPS) is 13.1. The van der Waals surface area contributed by atoms with Gasteiger partial charge >= 0.3 is 0 Å². The molecule has 0 fully saturated rings. The van der Waals surface area contributed by atoms with Crippen LogP contribution in [0.5, 0.6) is 11.5 Å². The van der Waals surface area contributed by atoms with Crippen molar-refractivity contribution in [3.63, 3.8) is 0 Å². The van der Waals surface area contributed by atoms with Crippen LogP contribution < -0.4 is 9.30 Å². The largest absolute Gasteiger partial charge is 0.455 e. The molecule has 6 aromatic rings. The molecule has 3 nitrogen and oxygen atoms in total. The van der Waals surface area contributed by atoms with Crippen molar-refractivity contribution >= 4 is 53.2 Å². The van der Waals surface area contributed by atoms with Gasteiger partial charge in [0.2, 0.25) is 0 Å². The first-order chi connectivity index (χ1) is 16.8. The number of nitrogens with zero attached hydrogens (tertiary/aromatic N) is 2. The Morgan fingerprint density at radius 1 is 0.971 bits per heavy atom. The molecular formula is C31H27N2OS+. The highest BCUT2D eigenvalue weighted by atomic mass is 32.1. The summed E-state index contributed by atoms with van der Waals surface area (Å²) in [5.74, 6) is 1.85.